The summed E-state index contributed by atoms with van der Waals surface area (Å²) in [6.07, 6.45) is 5.82. The van der Waals surface area contributed by atoms with Crippen molar-refractivity contribution in [3.05, 3.63) is 0 Å². The lowest BCUT2D eigenvalue weighted by Gasteiger charge is -2.14. The third kappa shape index (κ3) is 7.37. The maximum Gasteiger partial charge on any atom is 0.323 e. The first kappa shape index (κ1) is 14.4. The maximum absolute atomic E-state index is 11.3. The average Bonchev–Trinajstić information content (AvgIpc) is 2.21. The molecule has 0 heterocycles. The predicted molar refractivity (Wildman–Crippen MR) is 62.5 cm³/mol. The van der Waals surface area contributed by atoms with E-state index >= 15 is 0 Å². The molecular formula is C12H25NO2. The summed E-state index contributed by atoms with van der Waals surface area (Å²) in [6.45, 7) is 6.55. The molecule has 0 bridgehead atoms. The van der Waals surface area contributed by atoms with Crippen molar-refractivity contribution in [3.8, 4) is 0 Å². The van der Waals surface area contributed by atoms with E-state index in [9.17, 15) is 4.79 Å². The molecule has 0 aromatic carbocycles. The molecule has 0 aliphatic rings. The van der Waals surface area contributed by atoms with Gasteiger partial charge in [-0.05, 0) is 12.3 Å². The lowest BCUT2D eigenvalue weighted by Crippen LogP contribution is -2.37. The van der Waals surface area contributed by atoms with Crippen LogP contribution in [-0.2, 0) is 9.53 Å². The molecule has 0 spiro atoms. The van der Waals surface area contributed by atoms with Gasteiger partial charge in [0.25, 0.3) is 0 Å². The molecule has 0 aromatic heterocycles. The van der Waals surface area contributed by atoms with Gasteiger partial charge in [0.2, 0.25) is 0 Å². The highest BCUT2D eigenvalue weighted by atomic mass is 16.5. The third-order valence-electron chi connectivity index (χ3n) is 2.48. The van der Waals surface area contributed by atoms with E-state index in [2.05, 4.69) is 6.92 Å². The van der Waals surface area contributed by atoms with Crippen molar-refractivity contribution in [2.24, 2.45) is 11.7 Å². The zero-order chi connectivity index (χ0) is 11.7. The summed E-state index contributed by atoms with van der Waals surface area (Å²) in [7, 11) is 0. The van der Waals surface area contributed by atoms with E-state index < -0.39 is 6.04 Å². The normalized spacial score (nSPS) is 12.9. The van der Waals surface area contributed by atoms with Crippen LogP contribution in [0.1, 0.15) is 52.9 Å². The summed E-state index contributed by atoms with van der Waals surface area (Å²) in [5.74, 6) is -0.113. The zero-order valence-electron chi connectivity index (χ0n) is 10.3. The molecule has 0 saturated carbocycles. The average molecular weight is 215 g/mol. The van der Waals surface area contributed by atoms with E-state index in [1.807, 2.05) is 13.8 Å². The number of ether oxygens (including phenoxy) is 1. The molecule has 0 amide bonds. The Labute approximate surface area is 93.4 Å². The van der Waals surface area contributed by atoms with Crippen LogP contribution in [0.5, 0.6) is 0 Å². The summed E-state index contributed by atoms with van der Waals surface area (Å²) in [6, 6.07) is -0.472. The second kappa shape index (κ2) is 8.72. The standard InChI is InChI=1S/C12H25NO2/c1-4-5-6-7-8-9-15-12(14)11(13)10(2)3/h10-11H,4-9,13H2,1-3H3. The summed E-state index contributed by atoms with van der Waals surface area (Å²) < 4.78 is 5.08. The van der Waals surface area contributed by atoms with Gasteiger partial charge in [-0.3, -0.25) is 4.79 Å². The molecular weight excluding hydrogens is 190 g/mol. The molecule has 3 heteroatoms. The van der Waals surface area contributed by atoms with Gasteiger partial charge in [0.15, 0.2) is 0 Å². The van der Waals surface area contributed by atoms with Gasteiger partial charge in [-0.1, -0.05) is 46.5 Å². The fraction of sp³-hybridized carbons (Fsp3) is 0.917. The number of carbonyl (C=O) groups excluding carboxylic acids is 1. The van der Waals surface area contributed by atoms with Gasteiger partial charge in [-0.25, -0.2) is 0 Å². The Bertz CT molecular complexity index is 169. The highest BCUT2D eigenvalue weighted by Gasteiger charge is 2.18. The van der Waals surface area contributed by atoms with Gasteiger partial charge < -0.3 is 10.5 Å². The minimum atomic E-state index is -0.472. The van der Waals surface area contributed by atoms with E-state index in [0.29, 0.717) is 6.61 Å². The first-order valence-electron chi connectivity index (χ1n) is 6.01. The van der Waals surface area contributed by atoms with Crippen molar-refractivity contribution >= 4 is 5.97 Å². The molecule has 0 aromatic rings. The Morgan fingerprint density at radius 1 is 1.20 bits per heavy atom. The smallest absolute Gasteiger partial charge is 0.323 e. The van der Waals surface area contributed by atoms with Crippen molar-refractivity contribution < 1.29 is 9.53 Å². The lowest BCUT2D eigenvalue weighted by molar-refractivity contribution is -0.146. The number of esters is 1. The molecule has 90 valence electrons. The molecule has 0 saturated heterocycles. The van der Waals surface area contributed by atoms with E-state index in [1.165, 1.54) is 19.3 Å². The van der Waals surface area contributed by atoms with Crippen molar-refractivity contribution in [3.63, 3.8) is 0 Å². The SMILES string of the molecule is CCCCCCCOC(=O)C(N)C(C)C. The number of rotatable bonds is 8. The van der Waals surface area contributed by atoms with Crippen LogP contribution < -0.4 is 5.73 Å². The van der Waals surface area contributed by atoms with Crippen LogP contribution in [0.3, 0.4) is 0 Å². The van der Waals surface area contributed by atoms with Crippen molar-refractivity contribution in [2.45, 2.75) is 58.9 Å². The number of hydrogen-bond donors (Lipinski definition) is 1. The van der Waals surface area contributed by atoms with Gasteiger partial charge in [-0.2, -0.15) is 0 Å². The molecule has 0 rings (SSSR count). The minimum absolute atomic E-state index is 0.151. The first-order valence-corrected chi connectivity index (χ1v) is 6.01. The minimum Gasteiger partial charge on any atom is -0.465 e. The van der Waals surface area contributed by atoms with Crippen LogP contribution in [-0.4, -0.2) is 18.6 Å². The molecule has 0 fully saturated rings. The van der Waals surface area contributed by atoms with Crippen molar-refractivity contribution in [1.29, 1.82) is 0 Å². The van der Waals surface area contributed by atoms with Crippen molar-refractivity contribution in [1.82, 2.24) is 0 Å². The second-order valence-electron chi connectivity index (χ2n) is 4.35. The van der Waals surface area contributed by atoms with Crippen molar-refractivity contribution in [2.75, 3.05) is 6.61 Å². The quantitative estimate of drug-likeness (QED) is 0.500. The van der Waals surface area contributed by atoms with Gasteiger partial charge in [0.1, 0.15) is 6.04 Å². The van der Waals surface area contributed by atoms with Crippen LogP contribution in [0.15, 0.2) is 0 Å². The molecule has 15 heavy (non-hydrogen) atoms. The van der Waals surface area contributed by atoms with Crippen LogP contribution >= 0.6 is 0 Å². The molecule has 0 aliphatic heterocycles. The fourth-order valence-corrected chi connectivity index (χ4v) is 1.25. The van der Waals surface area contributed by atoms with Gasteiger partial charge in [0, 0.05) is 0 Å². The Morgan fingerprint density at radius 3 is 2.33 bits per heavy atom. The summed E-state index contributed by atoms with van der Waals surface area (Å²) in [5, 5.41) is 0. The van der Waals surface area contributed by atoms with E-state index in [4.69, 9.17) is 10.5 Å². The molecule has 0 aliphatic carbocycles. The van der Waals surface area contributed by atoms with Crippen LogP contribution in [0.25, 0.3) is 0 Å². The van der Waals surface area contributed by atoms with Crippen LogP contribution in [0.4, 0.5) is 0 Å². The largest absolute Gasteiger partial charge is 0.465 e. The van der Waals surface area contributed by atoms with Crippen LogP contribution in [0.2, 0.25) is 0 Å². The first-order chi connectivity index (χ1) is 7.09. The molecule has 3 nitrogen and oxygen atoms in total. The fourth-order valence-electron chi connectivity index (χ4n) is 1.25. The van der Waals surface area contributed by atoms with Gasteiger partial charge >= 0.3 is 5.97 Å². The Kier molecular flexibility index (Phi) is 8.38. The number of unbranched alkanes of at least 4 members (excludes halogenated alkanes) is 4. The van der Waals surface area contributed by atoms with E-state index in [0.717, 1.165) is 12.8 Å². The third-order valence-corrected chi connectivity index (χ3v) is 2.48. The summed E-state index contributed by atoms with van der Waals surface area (Å²) in [5.41, 5.74) is 5.65. The zero-order valence-corrected chi connectivity index (χ0v) is 10.3. The molecule has 2 N–H and O–H groups in total. The monoisotopic (exact) mass is 215 g/mol. The lowest BCUT2D eigenvalue weighted by atomic mass is 10.1. The summed E-state index contributed by atoms with van der Waals surface area (Å²) >= 11 is 0. The molecule has 1 atom stereocenters. The highest BCUT2D eigenvalue weighted by molar-refractivity contribution is 5.75. The summed E-state index contributed by atoms with van der Waals surface area (Å²) in [4.78, 5) is 11.3. The van der Waals surface area contributed by atoms with E-state index in [1.54, 1.807) is 0 Å². The number of hydrogen-bond acceptors (Lipinski definition) is 3. The second-order valence-corrected chi connectivity index (χ2v) is 4.35. The number of nitrogens with two attached hydrogens (primary N) is 1. The van der Waals surface area contributed by atoms with E-state index in [-0.39, 0.29) is 11.9 Å². The van der Waals surface area contributed by atoms with Gasteiger partial charge in [-0.15, -0.1) is 0 Å². The predicted octanol–water partition coefficient (Wildman–Crippen LogP) is 2.48. The maximum atomic E-state index is 11.3. The molecule has 1 unspecified atom stereocenters. The Morgan fingerprint density at radius 2 is 1.80 bits per heavy atom. The number of carbonyl (C=O) groups is 1. The topological polar surface area (TPSA) is 52.3 Å². The highest BCUT2D eigenvalue weighted by Crippen LogP contribution is 2.04. The Balaban J connectivity index is 3.39. The van der Waals surface area contributed by atoms with Crippen LogP contribution in [0, 0.1) is 5.92 Å². The molecule has 0 radical (unpaired) electrons. The Hall–Kier alpha value is -0.570. The van der Waals surface area contributed by atoms with Gasteiger partial charge in [0.05, 0.1) is 6.61 Å².